The Morgan fingerprint density at radius 1 is 1.00 bits per heavy atom. The van der Waals surface area contributed by atoms with Gasteiger partial charge < -0.3 is 4.90 Å². The Balaban J connectivity index is 2.07. The van der Waals surface area contributed by atoms with Crippen LogP contribution in [0.4, 0.5) is 5.69 Å². The zero-order chi connectivity index (χ0) is 15.2. The van der Waals surface area contributed by atoms with Crippen LogP contribution in [-0.2, 0) is 0 Å². The van der Waals surface area contributed by atoms with Crippen LogP contribution in [0.25, 0.3) is 6.08 Å². The molecule has 0 spiro atoms. The Kier molecular flexibility index (Phi) is 5.23. The highest BCUT2D eigenvalue weighted by molar-refractivity contribution is 7.98. The number of carbonyl (C=O) groups excluding carboxylic acids is 1. The molecule has 2 aromatic rings. The summed E-state index contributed by atoms with van der Waals surface area (Å²) in [7, 11) is 3.96. The second-order valence-electron chi connectivity index (χ2n) is 4.91. The van der Waals surface area contributed by atoms with E-state index in [9.17, 15) is 4.79 Å². The van der Waals surface area contributed by atoms with Crippen LogP contribution in [0.5, 0.6) is 0 Å². The number of nitrogens with zero attached hydrogens (tertiary/aromatic N) is 1. The minimum Gasteiger partial charge on any atom is -0.378 e. The van der Waals surface area contributed by atoms with Crippen molar-refractivity contribution < 1.29 is 4.79 Å². The van der Waals surface area contributed by atoms with Gasteiger partial charge in [0.2, 0.25) is 0 Å². The average Bonchev–Trinajstić information content (AvgIpc) is 2.53. The number of thioether (sulfide) groups is 1. The van der Waals surface area contributed by atoms with Crippen molar-refractivity contribution in [2.45, 2.75) is 4.90 Å². The van der Waals surface area contributed by atoms with Gasteiger partial charge in [-0.05, 0) is 54.3 Å². The van der Waals surface area contributed by atoms with Gasteiger partial charge in [0.1, 0.15) is 0 Å². The fraction of sp³-hybridized carbons (Fsp3) is 0.167. The molecule has 0 aliphatic carbocycles. The largest absolute Gasteiger partial charge is 0.378 e. The van der Waals surface area contributed by atoms with Gasteiger partial charge in [-0.3, -0.25) is 4.79 Å². The molecule has 0 bridgehead atoms. The highest BCUT2D eigenvalue weighted by Crippen LogP contribution is 2.16. The van der Waals surface area contributed by atoms with Crippen molar-refractivity contribution in [2.24, 2.45) is 0 Å². The summed E-state index contributed by atoms with van der Waals surface area (Å²) in [6.45, 7) is 0. The third-order valence-corrected chi connectivity index (χ3v) is 3.95. The lowest BCUT2D eigenvalue weighted by atomic mass is 10.1. The first kappa shape index (κ1) is 15.4. The molecule has 3 heteroatoms. The van der Waals surface area contributed by atoms with Crippen LogP contribution >= 0.6 is 11.8 Å². The lowest BCUT2D eigenvalue weighted by Gasteiger charge is -2.11. The van der Waals surface area contributed by atoms with Crippen LogP contribution < -0.4 is 4.90 Å². The van der Waals surface area contributed by atoms with E-state index in [1.54, 1.807) is 17.8 Å². The number of carbonyl (C=O) groups is 1. The van der Waals surface area contributed by atoms with E-state index in [1.807, 2.05) is 67.7 Å². The van der Waals surface area contributed by atoms with Gasteiger partial charge in [0.15, 0.2) is 5.78 Å². The number of rotatable bonds is 5. The molecule has 0 aliphatic heterocycles. The number of allylic oxidation sites excluding steroid dienone is 1. The Bertz CT molecular complexity index is 627. The van der Waals surface area contributed by atoms with E-state index in [2.05, 4.69) is 12.1 Å². The maximum atomic E-state index is 12.1. The lowest BCUT2D eigenvalue weighted by Crippen LogP contribution is -2.08. The second kappa shape index (κ2) is 7.14. The molecular formula is C18H19NOS. The standard InChI is InChI=1S/C18H19NOS/c1-19(2)16-9-7-15(8-10-16)18(20)13-6-14-4-11-17(21-3)12-5-14/h4-13H,1-3H3. The molecular weight excluding hydrogens is 278 g/mol. The Morgan fingerprint density at radius 2 is 1.62 bits per heavy atom. The summed E-state index contributed by atoms with van der Waals surface area (Å²) in [5, 5.41) is 0. The summed E-state index contributed by atoms with van der Waals surface area (Å²) in [6, 6.07) is 15.8. The van der Waals surface area contributed by atoms with Crippen molar-refractivity contribution in [1.82, 2.24) is 0 Å². The smallest absolute Gasteiger partial charge is 0.185 e. The Labute approximate surface area is 130 Å². The number of hydrogen-bond acceptors (Lipinski definition) is 3. The first-order valence-corrected chi connectivity index (χ1v) is 7.96. The average molecular weight is 297 g/mol. The molecule has 2 aromatic carbocycles. The van der Waals surface area contributed by atoms with Crippen LogP contribution in [0.15, 0.2) is 59.5 Å². The minimum atomic E-state index is 0.0225. The van der Waals surface area contributed by atoms with Crippen molar-refractivity contribution in [3.05, 3.63) is 65.7 Å². The van der Waals surface area contributed by atoms with Crippen molar-refractivity contribution in [3.63, 3.8) is 0 Å². The van der Waals surface area contributed by atoms with Crippen molar-refractivity contribution in [2.75, 3.05) is 25.3 Å². The van der Waals surface area contributed by atoms with E-state index in [4.69, 9.17) is 0 Å². The molecule has 0 aromatic heterocycles. The molecule has 0 saturated heterocycles. The molecule has 0 saturated carbocycles. The highest BCUT2D eigenvalue weighted by atomic mass is 32.2. The van der Waals surface area contributed by atoms with E-state index in [0.29, 0.717) is 5.56 Å². The van der Waals surface area contributed by atoms with E-state index in [0.717, 1.165) is 11.3 Å². The van der Waals surface area contributed by atoms with Gasteiger partial charge in [0.25, 0.3) is 0 Å². The van der Waals surface area contributed by atoms with Gasteiger partial charge in [-0.1, -0.05) is 18.2 Å². The minimum absolute atomic E-state index is 0.0225. The molecule has 21 heavy (non-hydrogen) atoms. The lowest BCUT2D eigenvalue weighted by molar-refractivity contribution is 0.104. The fourth-order valence-corrected chi connectivity index (χ4v) is 2.32. The van der Waals surface area contributed by atoms with E-state index in [1.165, 1.54) is 4.90 Å². The second-order valence-corrected chi connectivity index (χ2v) is 5.79. The van der Waals surface area contributed by atoms with Gasteiger partial charge in [0.05, 0.1) is 0 Å². The molecule has 2 rings (SSSR count). The normalized spacial score (nSPS) is 10.8. The molecule has 2 nitrogen and oxygen atoms in total. The number of hydrogen-bond donors (Lipinski definition) is 0. The van der Waals surface area contributed by atoms with Crippen molar-refractivity contribution in [3.8, 4) is 0 Å². The van der Waals surface area contributed by atoms with Gasteiger partial charge in [-0.25, -0.2) is 0 Å². The van der Waals surface area contributed by atoms with Crippen molar-refractivity contribution in [1.29, 1.82) is 0 Å². The predicted molar refractivity (Wildman–Crippen MR) is 92.4 cm³/mol. The zero-order valence-electron chi connectivity index (χ0n) is 12.5. The SMILES string of the molecule is CSc1ccc(C=CC(=O)c2ccc(N(C)C)cc2)cc1. The first-order chi connectivity index (χ1) is 10.1. The molecule has 108 valence electrons. The number of benzene rings is 2. The maximum absolute atomic E-state index is 12.1. The molecule has 0 fully saturated rings. The molecule has 0 unspecified atom stereocenters. The van der Waals surface area contributed by atoms with Gasteiger partial charge in [-0.15, -0.1) is 11.8 Å². The van der Waals surface area contributed by atoms with Crippen LogP contribution in [-0.4, -0.2) is 26.1 Å². The summed E-state index contributed by atoms with van der Waals surface area (Å²) in [5.74, 6) is 0.0225. The van der Waals surface area contributed by atoms with Crippen LogP contribution in [0.2, 0.25) is 0 Å². The highest BCUT2D eigenvalue weighted by Gasteiger charge is 2.02. The summed E-state index contributed by atoms with van der Waals surface area (Å²) >= 11 is 1.71. The third-order valence-electron chi connectivity index (χ3n) is 3.21. The van der Waals surface area contributed by atoms with Gasteiger partial charge in [-0.2, -0.15) is 0 Å². The van der Waals surface area contributed by atoms with Crippen LogP contribution in [0.3, 0.4) is 0 Å². The maximum Gasteiger partial charge on any atom is 0.185 e. The Morgan fingerprint density at radius 3 is 2.14 bits per heavy atom. The summed E-state index contributed by atoms with van der Waals surface area (Å²) in [5.41, 5.74) is 2.83. The monoisotopic (exact) mass is 297 g/mol. The summed E-state index contributed by atoms with van der Waals surface area (Å²) in [4.78, 5) is 15.3. The quantitative estimate of drug-likeness (QED) is 0.464. The van der Waals surface area contributed by atoms with Crippen molar-refractivity contribution >= 4 is 29.3 Å². The molecule has 0 amide bonds. The summed E-state index contributed by atoms with van der Waals surface area (Å²) < 4.78 is 0. The summed E-state index contributed by atoms with van der Waals surface area (Å²) in [6.07, 6.45) is 5.52. The van der Waals surface area contributed by atoms with Gasteiger partial charge in [0, 0.05) is 30.2 Å². The van der Waals surface area contributed by atoms with Crippen LogP contribution in [0, 0.1) is 0 Å². The molecule has 0 radical (unpaired) electrons. The van der Waals surface area contributed by atoms with E-state index >= 15 is 0 Å². The first-order valence-electron chi connectivity index (χ1n) is 6.74. The topological polar surface area (TPSA) is 20.3 Å². The predicted octanol–water partition coefficient (Wildman–Crippen LogP) is 4.37. The van der Waals surface area contributed by atoms with Gasteiger partial charge >= 0.3 is 0 Å². The molecule has 0 aliphatic rings. The molecule has 0 N–H and O–H groups in total. The van der Waals surface area contributed by atoms with E-state index in [-0.39, 0.29) is 5.78 Å². The number of anilines is 1. The third kappa shape index (κ3) is 4.23. The molecule has 0 heterocycles. The fourth-order valence-electron chi connectivity index (χ4n) is 1.91. The molecule has 0 atom stereocenters. The number of ketones is 1. The zero-order valence-corrected chi connectivity index (χ0v) is 13.4. The van der Waals surface area contributed by atoms with E-state index < -0.39 is 0 Å². The Hall–Kier alpha value is -2.00. The van der Waals surface area contributed by atoms with Crippen LogP contribution in [0.1, 0.15) is 15.9 Å².